The maximum atomic E-state index is 12.2. The quantitative estimate of drug-likeness (QED) is 0.476. The fourth-order valence-electron chi connectivity index (χ4n) is 2.45. The van der Waals surface area contributed by atoms with E-state index in [2.05, 4.69) is 16.0 Å². The first-order chi connectivity index (χ1) is 14.0. The molecule has 8 heteroatoms. The fraction of sp³-hybridized carbons (Fsp3) is 0.333. The second-order valence-corrected chi connectivity index (χ2v) is 6.67. The number of carbonyl (C=O) groups excluding carboxylic acids is 2. The Kier molecular flexibility index (Phi) is 9.27. The van der Waals surface area contributed by atoms with Crippen LogP contribution in [0.3, 0.4) is 0 Å². The fourth-order valence-corrected chi connectivity index (χ4v) is 2.63. The number of ether oxygens (including phenoxy) is 2. The van der Waals surface area contributed by atoms with Gasteiger partial charge in [0.05, 0.1) is 23.9 Å². The number of amides is 2. The van der Waals surface area contributed by atoms with Crippen LogP contribution >= 0.6 is 11.6 Å². The summed E-state index contributed by atoms with van der Waals surface area (Å²) in [5, 5.41) is 9.05. The highest BCUT2D eigenvalue weighted by Crippen LogP contribution is 2.25. The molecule has 0 radical (unpaired) electrons. The van der Waals surface area contributed by atoms with Crippen molar-refractivity contribution in [2.24, 2.45) is 0 Å². The Hall–Kier alpha value is -2.77. The predicted molar refractivity (Wildman–Crippen MR) is 116 cm³/mol. The van der Waals surface area contributed by atoms with Gasteiger partial charge in [-0.1, -0.05) is 18.5 Å². The first kappa shape index (κ1) is 22.5. The molecule has 156 valence electrons. The van der Waals surface area contributed by atoms with Gasteiger partial charge in [0, 0.05) is 24.9 Å². The van der Waals surface area contributed by atoms with E-state index >= 15 is 0 Å². The molecule has 2 aromatic carbocycles. The zero-order valence-electron chi connectivity index (χ0n) is 16.6. The molecule has 0 saturated carbocycles. The van der Waals surface area contributed by atoms with Gasteiger partial charge in [-0.05, 0) is 48.9 Å². The van der Waals surface area contributed by atoms with E-state index in [4.69, 9.17) is 21.1 Å². The van der Waals surface area contributed by atoms with Crippen LogP contribution in [0.4, 0.5) is 17.1 Å². The minimum absolute atomic E-state index is 0.0260. The molecule has 0 saturated heterocycles. The van der Waals surface area contributed by atoms with E-state index in [1.807, 2.05) is 6.92 Å². The van der Waals surface area contributed by atoms with Crippen LogP contribution in [-0.4, -0.2) is 38.7 Å². The van der Waals surface area contributed by atoms with Crippen molar-refractivity contribution in [3.8, 4) is 5.75 Å². The summed E-state index contributed by atoms with van der Waals surface area (Å²) in [7, 11) is 1.61. The van der Waals surface area contributed by atoms with Crippen molar-refractivity contribution < 1.29 is 19.1 Å². The molecule has 2 aromatic rings. The van der Waals surface area contributed by atoms with E-state index in [0.717, 1.165) is 6.42 Å². The van der Waals surface area contributed by atoms with E-state index in [9.17, 15) is 9.59 Å². The minimum Gasteiger partial charge on any atom is -0.491 e. The number of methoxy groups -OCH3 is 1. The van der Waals surface area contributed by atoms with Gasteiger partial charge in [0.25, 0.3) is 0 Å². The largest absolute Gasteiger partial charge is 0.491 e. The van der Waals surface area contributed by atoms with Crippen LogP contribution in [0.25, 0.3) is 0 Å². The monoisotopic (exact) mass is 419 g/mol. The molecule has 0 aliphatic rings. The molecule has 0 aromatic heterocycles. The lowest BCUT2D eigenvalue weighted by Crippen LogP contribution is -2.22. The molecule has 0 atom stereocenters. The lowest BCUT2D eigenvalue weighted by atomic mass is 10.2. The lowest BCUT2D eigenvalue weighted by Gasteiger charge is -2.12. The third kappa shape index (κ3) is 8.01. The van der Waals surface area contributed by atoms with Crippen LogP contribution in [0, 0.1) is 0 Å². The first-order valence-electron chi connectivity index (χ1n) is 9.36. The van der Waals surface area contributed by atoms with Crippen LogP contribution in [0.5, 0.6) is 5.75 Å². The molecule has 2 rings (SSSR count). The van der Waals surface area contributed by atoms with Gasteiger partial charge < -0.3 is 25.4 Å². The van der Waals surface area contributed by atoms with Crippen LogP contribution < -0.4 is 20.7 Å². The number of anilines is 3. The second kappa shape index (κ2) is 11.9. The summed E-state index contributed by atoms with van der Waals surface area (Å²) >= 11 is 6.18. The van der Waals surface area contributed by atoms with E-state index in [1.165, 1.54) is 0 Å². The van der Waals surface area contributed by atoms with Crippen LogP contribution in [0.15, 0.2) is 42.5 Å². The average Bonchev–Trinajstić information content (AvgIpc) is 2.70. The number of halogens is 1. The number of hydrogen-bond acceptors (Lipinski definition) is 5. The zero-order chi connectivity index (χ0) is 21.1. The Morgan fingerprint density at radius 1 is 0.966 bits per heavy atom. The number of hydrogen-bond donors (Lipinski definition) is 3. The third-order valence-corrected chi connectivity index (χ3v) is 4.19. The molecule has 0 aliphatic carbocycles. The van der Waals surface area contributed by atoms with Gasteiger partial charge in [-0.3, -0.25) is 9.59 Å². The van der Waals surface area contributed by atoms with Gasteiger partial charge in [-0.25, -0.2) is 0 Å². The molecular formula is C21H26ClN3O4. The summed E-state index contributed by atoms with van der Waals surface area (Å²) in [6, 6.07) is 12.2. The Labute approximate surface area is 175 Å². The van der Waals surface area contributed by atoms with Crippen molar-refractivity contribution in [3.63, 3.8) is 0 Å². The number of rotatable bonds is 11. The van der Waals surface area contributed by atoms with Gasteiger partial charge in [0.1, 0.15) is 12.4 Å². The van der Waals surface area contributed by atoms with E-state index in [0.29, 0.717) is 47.5 Å². The summed E-state index contributed by atoms with van der Waals surface area (Å²) in [6.45, 7) is 2.94. The molecule has 0 bridgehead atoms. The Balaban J connectivity index is 1.86. The molecule has 0 fully saturated rings. The van der Waals surface area contributed by atoms with Crippen LogP contribution in [0.1, 0.15) is 19.8 Å². The van der Waals surface area contributed by atoms with Crippen molar-refractivity contribution in [2.75, 3.05) is 42.8 Å². The SMILES string of the molecule is CCCC(=O)Nc1ccc(Cl)c(NCC(=O)Nc2ccc(OCCOC)cc2)c1. The third-order valence-electron chi connectivity index (χ3n) is 3.86. The molecule has 3 N–H and O–H groups in total. The van der Waals surface area contributed by atoms with Crippen molar-refractivity contribution in [3.05, 3.63) is 47.5 Å². The molecule has 2 amide bonds. The molecule has 0 aliphatic heterocycles. The van der Waals surface area contributed by atoms with Crippen molar-refractivity contribution in [2.45, 2.75) is 19.8 Å². The zero-order valence-corrected chi connectivity index (χ0v) is 17.3. The predicted octanol–water partition coefficient (Wildman–Crippen LogP) is 4.15. The standard InChI is InChI=1S/C21H26ClN3O4/c1-3-4-20(26)25-16-7-10-18(22)19(13-16)23-14-21(27)24-15-5-8-17(9-6-15)29-12-11-28-2/h5-10,13,23H,3-4,11-12,14H2,1-2H3,(H,24,27)(H,25,26). The highest BCUT2D eigenvalue weighted by Gasteiger charge is 2.08. The molecule has 0 spiro atoms. The summed E-state index contributed by atoms with van der Waals surface area (Å²) in [5.74, 6) is 0.412. The number of nitrogens with one attached hydrogen (secondary N) is 3. The summed E-state index contributed by atoms with van der Waals surface area (Å²) < 4.78 is 10.4. The topological polar surface area (TPSA) is 88.7 Å². The summed E-state index contributed by atoms with van der Waals surface area (Å²) in [4.78, 5) is 23.9. The van der Waals surface area contributed by atoms with Crippen molar-refractivity contribution in [1.82, 2.24) is 0 Å². The maximum Gasteiger partial charge on any atom is 0.243 e. The smallest absolute Gasteiger partial charge is 0.243 e. The Morgan fingerprint density at radius 3 is 2.34 bits per heavy atom. The van der Waals surface area contributed by atoms with Crippen molar-refractivity contribution >= 4 is 40.5 Å². The molecule has 7 nitrogen and oxygen atoms in total. The molecule has 0 unspecified atom stereocenters. The molecular weight excluding hydrogens is 394 g/mol. The summed E-state index contributed by atoms with van der Waals surface area (Å²) in [6.07, 6.45) is 1.22. The second-order valence-electron chi connectivity index (χ2n) is 6.26. The maximum absolute atomic E-state index is 12.2. The van der Waals surface area contributed by atoms with Crippen molar-refractivity contribution in [1.29, 1.82) is 0 Å². The molecule has 0 heterocycles. The van der Waals surface area contributed by atoms with E-state index in [1.54, 1.807) is 49.6 Å². The van der Waals surface area contributed by atoms with Gasteiger partial charge >= 0.3 is 0 Å². The van der Waals surface area contributed by atoms with Crippen LogP contribution in [-0.2, 0) is 14.3 Å². The number of benzene rings is 2. The Bertz CT molecular complexity index is 812. The van der Waals surface area contributed by atoms with Gasteiger partial charge in [0.15, 0.2) is 0 Å². The lowest BCUT2D eigenvalue weighted by molar-refractivity contribution is -0.116. The van der Waals surface area contributed by atoms with Gasteiger partial charge in [-0.15, -0.1) is 0 Å². The van der Waals surface area contributed by atoms with E-state index < -0.39 is 0 Å². The average molecular weight is 420 g/mol. The minimum atomic E-state index is -0.227. The number of carbonyl (C=O) groups is 2. The van der Waals surface area contributed by atoms with Gasteiger partial charge in [-0.2, -0.15) is 0 Å². The normalized spacial score (nSPS) is 10.3. The van der Waals surface area contributed by atoms with Gasteiger partial charge in [0.2, 0.25) is 11.8 Å². The van der Waals surface area contributed by atoms with E-state index in [-0.39, 0.29) is 18.4 Å². The molecule has 29 heavy (non-hydrogen) atoms. The highest BCUT2D eigenvalue weighted by molar-refractivity contribution is 6.33. The highest BCUT2D eigenvalue weighted by atomic mass is 35.5. The summed E-state index contributed by atoms with van der Waals surface area (Å²) in [5.41, 5.74) is 1.85. The van der Waals surface area contributed by atoms with Crippen LogP contribution in [0.2, 0.25) is 5.02 Å². The Morgan fingerprint density at radius 2 is 1.66 bits per heavy atom. The first-order valence-corrected chi connectivity index (χ1v) is 9.74.